The molecule has 1 aromatic heterocycles. The molecular weight excluding hydrogens is 396 g/mol. The first-order chi connectivity index (χ1) is 14.6. The molecule has 4 rings (SSSR count). The van der Waals surface area contributed by atoms with E-state index in [1.165, 1.54) is 24.6 Å². The molecule has 7 nitrogen and oxygen atoms in total. The summed E-state index contributed by atoms with van der Waals surface area (Å²) in [5.74, 6) is 1.23. The molecule has 2 aromatic rings. The van der Waals surface area contributed by atoms with E-state index in [0.29, 0.717) is 19.0 Å². The topological polar surface area (TPSA) is 78.0 Å². The van der Waals surface area contributed by atoms with Gasteiger partial charge in [-0.25, -0.2) is 0 Å². The van der Waals surface area contributed by atoms with Crippen LogP contribution in [0.4, 0.5) is 11.6 Å². The molecule has 2 heterocycles. The third kappa shape index (κ3) is 4.62. The molecule has 1 aromatic carbocycles. The number of hydrogen-bond acceptors (Lipinski definition) is 6. The van der Waals surface area contributed by atoms with Gasteiger partial charge in [-0.3, -0.25) is 9.36 Å². The number of aryl methyl sites for hydroxylation is 2. The van der Waals surface area contributed by atoms with Gasteiger partial charge in [0.05, 0.1) is 18.2 Å². The largest absolute Gasteiger partial charge is 0.341 e. The van der Waals surface area contributed by atoms with Crippen LogP contribution in [0.1, 0.15) is 49.3 Å². The molecule has 1 aliphatic carbocycles. The molecule has 158 valence electrons. The van der Waals surface area contributed by atoms with Gasteiger partial charge >= 0.3 is 0 Å². The van der Waals surface area contributed by atoms with Crippen molar-refractivity contribution < 1.29 is 4.79 Å². The van der Waals surface area contributed by atoms with E-state index in [1.54, 1.807) is 4.90 Å². The van der Waals surface area contributed by atoms with Gasteiger partial charge in [0.1, 0.15) is 0 Å². The Kier molecular flexibility index (Phi) is 6.28. The van der Waals surface area contributed by atoms with Crippen LogP contribution >= 0.6 is 11.8 Å². The van der Waals surface area contributed by atoms with Gasteiger partial charge < -0.3 is 9.80 Å². The van der Waals surface area contributed by atoms with Crippen molar-refractivity contribution in [3.8, 4) is 6.07 Å². The van der Waals surface area contributed by atoms with Crippen molar-refractivity contribution in [1.29, 1.82) is 5.26 Å². The fourth-order valence-corrected chi connectivity index (χ4v) is 4.90. The van der Waals surface area contributed by atoms with Crippen LogP contribution < -0.4 is 9.80 Å². The van der Waals surface area contributed by atoms with Gasteiger partial charge in [0, 0.05) is 31.4 Å². The van der Waals surface area contributed by atoms with Gasteiger partial charge in [0.2, 0.25) is 11.9 Å². The number of hydrogen-bond donors (Lipinski definition) is 0. The fourth-order valence-electron chi connectivity index (χ4n) is 4.02. The maximum absolute atomic E-state index is 13.1. The third-order valence-corrected chi connectivity index (χ3v) is 6.47. The summed E-state index contributed by atoms with van der Waals surface area (Å²) in [4.78, 5) is 17.2. The first-order valence-electron chi connectivity index (χ1n) is 10.6. The van der Waals surface area contributed by atoms with Gasteiger partial charge in [-0.05, 0) is 62.8 Å². The monoisotopic (exact) mass is 424 g/mol. The van der Waals surface area contributed by atoms with Gasteiger partial charge in [0.25, 0.3) is 0 Å². The molecule has 0 unspecified atom stereocenters. The minimum absolute atomic E-state index is 0.00619. The first-order valence-corrected chi connectivity index (χ1v) is 11.6. The maximum atomic E-state index is 13.1. The number of amides is 1. The van der Waals surface area contributed by atoms with Crippen molar-refractivity contribution in [1.82, 2.24) is 14.8 Å². The fraction of sp³-hybridized carbons (Fsp3) is 0.545. The number of aromatic nitrogens is 3. The molecule has 0 spiro atoms. The summed E-state index contributed by atoms with van der Waals surface area (Å²) in [5, 5.41) is 18.8. The lowest BCUT2D eigenvalue weighted by Crippen LogP contribution is -2.33. The predicted molar refractivity (Wildman–Crippen MR) is 119 cm³/mol. The summed E-state index contributed by atoms with van der Waals surface area (Å²) in [5.41, 5.74) is 3.07. The SMILES string of the molecule is Cc1cc(C)cc(N(CCC#N)C(=O)CSc2nnc(N3CCCC3)n2C2CC2)c1. The maximum Gasteiger partial charge on any atom is 0.237 e. The highest BCUT2D eigenvalue weighted by atomic mass is 32.2. The highest BCUT2D eigenvalue weighted by molar-refractivity contribution is 7.99. The number of nitriles is 1. The molecule has 1 aliphatic heterocycles. The zero-order chi connectivity index (χ0) is 21.1. The Bertz CT molecular complexity index is 935. The molecule has 30 heavy (non-hydrogen) atoms. The summed E-state index contributed by atoms with van der Waals surface area (Å²) in [6, 6.07) is 8.72. The Morgan fingerprint density at radius 2 is 1.90 bits per heavy atom. The Labute approximate surface area is 182 Å². The smallest absolute Gasteiger partial charge is 0.237 e. The molecule has 0 radical (unpaired) electrons. The van der Waals surface area contributed by atoms with Crippen LogP contribution in [-0.4, -0.2) is 46.1 Å². The van der Waals surface area contributed by atoms with E-state index >= 15 is 0 Å². The molecule has 0 atom stereocenters. The molecule has 1 saturated carbocycles. The normalized spacial score (nSPS) is 16.0. The van der Waals surface area contributed by atoms with Crippen molar-refractivity contribution in [2.45, 2.75) is 57.1 Å². The van der Waals surface area contributed by atoms with E-state index < -0.39 is 0 Å². The average Bonchev–Trinajstić information content (AvgIpc) is 3.23. The number of anilines is 2. The Hall–Kier alpha value is -2.53. The zero-order valence-corrected chi connectivity index (χ0v) is 18.5. The van der Waals surface area contributed by atoms with Crippen LogP contribution in [0.5, 0.6) is 0 Å². The van der Waals surface area contributed by atoms with Gasteiger partial charge in [-0.15, -0.1) is 10.2 Å². The Morgan fingerprint density at radius 3 is 2.53 bits per heavy atom. The quantitative estimate of drug-likeness (QED) is 0.599. The second-order valence-electron chi connectivity index (χ2n) is 8.17. The minimum Gasteiger partial charge on any atom is -0.341 e. The molecule has 2 fully saturated rings. The second kappa shape index (κ2) is 9.09. The van der Waals surface area contributed by atoms with Gasteiger partial charge in [-0.1, -0.05) is 17.8 Å². The van der Waals surface area contributed by atoms with Crippen molar-refractivity contribution in [2.75, 3.05) is 35.2 Å². The molecule has 8 heteroatoms. The summed E-state index contributed by atoms with van der Waals surface area (Å²) in [7, 11) is 0. The predicted octanol–water partition coefficient (Wildman–Crippen LogP) is 3.87. The van der Waals surface area contributed by atoms with E-state index in [0.717, 1.165) is 53.9 Å². The van der Waals surface area contributed by atoms with Crippen LogP contribution in [0.2, 0.25) is 0 Å². The van der Waals surface area contributed by atoms with Crippen molar-refractivity contribution >= 4 is 29.3 Å². The summed E-state index contributed by atoms with van der Waals surface area (Å²) in [6.07, 6.45) is 5.00. The number of carbonyl (C=O) groups excluding carboxylic acids is 1. The van der Waals surface area contributed by atoms with E-state index in [2.05, 4.69) is 31.8 Å². The first kappa shape index (κ1) is 20.7. The van der Waals surface area contributed by atoms with Crippen LogP contribution in [0.3, 0.4) is 0 Å². The lowest BCUT2D eigenvalue weighted by molar-refractivity contribution is -0.116. The van der Waals surface area contributed by atoms with Crippen LogP contribution in [0.25, 0.3) is 0 Å². The lowest BCUT2D eigenvalue weighted by Gasteiger charge is -2.23. The van der Waals surface area contributed by atoms with Crippen molar-refractivity contribution in [3.63, 3.8) is 0 Å². The number of carbonyl (C=O) groups is 1. The van der Waals surface area contributed by atoms with E-state index in [4.69, 9.17) is 5.26 Å². The van der Waals surface area contributed by atoms with E-state index in [1.807, 2.05) is 26.0 Å². The second-order valence-corrected chi connectivity index (χ2v) is 9.11. The average molecular weight is 425 g/mol. The van der Waals surface area contributed by atoms with Crippen molar-refractivity contribution in [3.05, 3.63) is 29.3 Å². The Balaban J connectivity index is 1.50. The minimum atomic E-state index is -0.00619. The van der Waals surface area contributed by atoms with Crippen LogP contribution in [0.15, 0.2) is 23.4 Å². The van der Waals surface area contributed by atoms with Gasteiger partial charge in [0.15, 0.2) is 5.16 Å². The molecular formula is C22H28N6OS. The number of nitrogens with zero attached hydrogens (tertiary/aromatic N) is 6. The molecule has 2 aliphatic rings. The summed E-state index contributed by atoms with van der Waals surface area (Å²) >= 11 is 1.46. The Morgan fingerprint density at radius 1 is 1.20 bits per heavy atom. The van der Waals surface area contributed by atoms with Crippen LogP contribution in [0, 0.1) is 25.2 Å². The lowest BCUT2D eigenvalue weighted by atomic mass is 10.1. The molecule has 1 saturated heterocycles. The number of rotatable bonds is 8. The summed E-state index contributed by atoms with van der Waals surface area (Å²) in [6.45, 7) is 6.51. The molecule has 0 N–H and O–H groups in total. The van der Waals surface area contributed by atoms with Crippen LogP contribution in [-0.2, 0) is 4.79 Å². The number of benzene rings is 1. The van der Waals surface area contributed by atoms with Crippen molar-refractivity contribution in [2.24, 2.45) is 0 Å². The van der Waals surface area contributed by atoms with E-state index in [9.17, 15) is 4.79 Å². The van der Waals surface area contributed by atoms with E-state index in [-0.39, 0.29) is 11.7 Å². The molecule has 1 amide bonds. The number of thioether (sulfide) groups is 1. The third-order valence-electron chi connectivity index (χ3n) is 5.54. The highest BCUT2D eigenvalue weighted by Crippen LogP contribution is 2.41. The summed E-state index contributed by atoms with van der Waals surface area (Å²) < 4.78 is 2.24. The van der Waals surface area contributed by atoms with Gasteiger partial charge in [-0.2, -0.15) is 5.26 Å². The zero-order valence-electron chi connectivity index (χ0n) is 17.7. The molecule has 0 bridgehead atoms. The highest BCUT2D eigenvalue weighted by Gasteiger charge is 2.32. The standard InChI is InChI=1S/C22H28N6OS/c1-16-12-17(2)14-19(13-16)27(11-5-8-23)20(29)15-30-22-25-24-21(26-9-3-4-10-26)28(22)18-6-7-18/h12-14,18H,3-7,9-11,15H2,1-2H3.